The smallest absolute Gasteiger partial charge is 0.277 e. The van der Waals surface area contributed by atoms with E-state index in [1.165, 1.54) is 24.3 Å². The molecule has 0 fully saturated rings. The standard InChI is InChI=1S/C12H15F2N3O3/c13-12(14,6-15)7-17-11(19)8-1-3-9(4-2-8)20-5-10(16)18/h1-4H,5-7,15H2,(H2,16,18)(H,17,19). The molecule has 0 aliphatic rings. The molecule has 0 bridgehead atoms. The molecule has 1 rings (SSSR count). The number of rotatable bonds is 7. The molecule has 0 saturated carbocycles. The van der Waals surface area contributed by atoms with Crippen molar-refractivity contribution >= 4 is 11.8 Å². The van der Waals surface area contributed by atoms with Crippen LogP contribution in [0.3, 0.4) is 0 Å². The van der Waals surface area contributed by atoms with Crippen molar-refractivity contribution in [3.63, 3.8) is 0 Å². The highest BCUT2D eigenvalue weighted by molar-refractivity contribution is 5.94. The first-order valence-electron chi connectivity index (χ1n) is 5.71. The van der Waals surface area contributed by atoms with Gasteiger partial charge in [0.15, 0.2) is 6.61 Å². The number of halogens is 2. The zero-order chi connectivity index (χ0) is 15.2. The number of primary amides is 1. The molecule has 20 heavy (non-hydrogen) atoms. The highest BCUT2D eigenvalue weighted by atomic mass is 19.3. The fourth-order valence-corrected chi connectivity index (χ4v) is 1.24. The lowest BCUT2D eigenvalue weighted by Crippen LogP contribution is -2.41. The summed E-state index contributed by atoms with van der Waals surface area (Å²) in [7, 11) is 0. The molecule has 0 aromatic heterocycles. The Hall–Kier alpha value is -2.22. The highest BCUT2D eigenvalue weighted by Gasteiger charge is 2.27. The molecule has 5 N–H and O–H groups in total. The Morgan fingerprint density at radius 2 is 1.85 bits per heavy atom. The van der Waals surface area contributed by atoms with Gasteiger partial charge in [-0.1, -0.05) is 0 Å². The van der Waals surface area contributed by atoms with E-state index in [1.807, 2.05) is 0 Å². The van der Waals surface area contributed by atoms with Crippen molar-refractivity contribution in [1.82, 2.24) is 5.32 Å². The van der Waals surface area contributed by atoms with E-state index in [9.17, 15) is 18.4 Å². The number of nitrogens with one attached hydrogen (secondary N) is 1. The number of benzene rings is 1. The number of carbonyl (C=O) groups is 2. The second-order valence-corrected chi connectivity index (χ2v) is 4.02. The van der Waals surface area contributed by atoms with Gasteiger partial charge in [0, 0.05) is 5.56 Å². The third kappa shape index (κ3) is 5.19. The molecule has 8 heteroatoms. The normalized spacial score (nSPS) is 10.9. The molecule has 0 atom stereocenters. The first kappa shape index (κ1) is 15.8. The summed E-state index contributed by atoms with van der Waals surface area (Å²) in [6.07, 6.45) is 0. The van der Waals surface area contributed by atoms with Gasteiger partial charge in [0.2, 0.25) is 0 Å². The molecule has 0 aliphatic carbocycles. The van der Waals surface area contributed by atoms with Crippen molar-refractivity contribution in [3.05, 3.63) is 29.8 Å². The Balaban J connectivity index is 2.55. The van der Waals surface area contributed by atoms with E-state index >= 15 is 0 Å². The predicted molar refractivity (Wildman–Crippen MR) is 67.5 cm³/mol. The number of nitrogens with two attached hydrogens (primary N) is 2. The molecule has 110 valence electrons. The lowest BCUT2D eigenvalue weighted by atomic mass is 10.2. The van der Waals surface area contributed by atoms with Gasteiger partial charge in [-0.2, -0.15) is 0 Å². The second kappa shape index (κ2) is 6.80. The van der Waals surface area contributed by atoms with Gasteiger partial charge in [-0.15, -0.1) is 0 Å². The SMILES string of the molecule is NCC(F)(F)CNC(=O)c1ccc(OCC(N)=O)cc1. The average molecular weight is 287 g/mol. The third-order valence-electron chi connectivity index (χ3n) is 2.30. The molecule has 0 heterocycles. The quantitative estimate of drug-likeness (QED) is 0.649. The fraction of sp³-hybridized carbons (Fsp3) is 0.333. The average Bonchev–Trinajstić information content (AvgIpc) is 2.43. The maximum Gasteiger partial charge on any atom is 0.277 e. The Bertz CT molecular complexity index is 477. The minimum atomic E-state index is -3.14. The van der Waals surface area contributed by atoms with E-state index in [4.69, 9.17) is 16.2 Å². The minimum Gasteiger partial charge on any atom is -0.484 e. The molecule has 1 aromatic rings. The van der Waals surface area contributed by atoms with Crippen LogP contribution in [-0.2, 0) is 4.79 Å². The maximum atomic E-state index is 12.9. The summed E-state index contributed by atoms with van der Waals surface area (Å²) < 4.78 is 30.7. The largest absolute Gasteiger partial charge is 0.484 e. The van der Waals surface area contributed by atoms with Gasteiger partial charge in [-0.05, 0) is 24.3 Å². The van der Waals surface area contributed by atoms with Crippen LogP contribution in [0.2, 0.25) is 0 Å². The summed E-state index contributed by atoms with van der Waals surface area (Å²) in [6, 6.07) is 5.62. The van der Waals surface area contributed by atoms with Gasteiger partial charge in [0.1, 0.15) is 5.75 Å². The van der Waals surface area contributed by atoms with Crippen LogP contribution >= 0.6 is 0 Å². The summed E-state index contributed by atoms with van der Waals surface area (Å²) in [4.78, 5) is 22.1. The molecular weight excluding hydrogens is 272 g/mol. The fourth-order valence-electron chi connectivity index (χ4n) is 1.24. The van der Waals surface area contributed by atoms with Gasteiger partial charge >= 0.3 is 0 Å². The predicted octanol–water partition coefficient (Wildman–Crippen LogP) is -0.126. The monoisotopic (exact) mass is 287 g/mol. The molecular formula is C12H15F2N3O3. The van der Waals surface area contributed by atoms with Crippen molar-refractivity contribution in [2.75, 3.05) is 19.7 Å². The number of alkyl halides is 2. The molecule has 0 saturated heterocycles. The van der Waals surface area contributed by atoms with E-state index in [2.05, 4.69) is 5.32 Å². The summed E-state index contributed by atoms with van der Waals surface area (Å²) in [5.74, 6) is -4.08. The number of amides is 2. The highest BCUT2D eigenvalue weighted by Crippen LogP contribution is 2.13. The van der Waals surface area contributed by atoms with Gasteiger partial charge in [-0.3, -0.25) is 9.59 Å². The number of ether oxygens (including phenoxy) is 1. The van der Waals surface area contributed by atoms with E-state index in [1.54, 1.807) is 0 Å². The molecule has 6 nitrogen and oxygen atoms in total. The molecule has 0 radical (unpaired) electrons. The summed E-state index contributed by atoms with van der Waals surface area (Å²) >= 11 is 0. The number of hydrogen-bond donors (Lipinski definition) is 3. The number of carbonyl (C=O) groups excluding carboxylic acids is 2. The molecule has 0 aliphatic heterocycles. The Morgan fingerprint density at radius 3 is 2.35 bits per heavy atom. The Morgan fingerprint density at radius 1 is 1.25 bits per heavy atom. The van der Waals surface area contributed by atoms with Gasteiger partial charge in [0.05, 0.1) is 13.1 Å². The first-order valence-corrected chi connectivity index (χ1v) is 5.71. The van der Waals surface area contributed by atoms with Gasteiger partial charge in [0.25, 0.3) is 17.7 Å². The Kier molecular flexibility index (Phi) is 5.39. The van der Waals surface area contributed by atoms with Crippen molar-refractivity contribution in [2.24, 2.45) is 11.5 Å². The van der Waals surface area contributed by atoms with Crippen LogP contribution < -0.4 is 21.5 Å². The molecule has 0 unspecified atom stereocenters. The van der Waals surface area contributed by atoms with Crippen LogP contribution in [-0.4, -0.2) is 37.4 Å². The van der Waals surface area contributed by atoms with Crippen LogP contribution in [0.1, 0.15) is 10.4 Å². The minimum absolute atomic E-state index is 0.184. The van der Waals surface area contributed by atoms with Crippen molar-refractivity contribution < 1.29 is 23.1 Å². The van der Waals surface area contributed by atoms with Crippen LogP contribution in [0, 0.1) is 0 Å². The lowest BCUT2D eigenvalue weighted by molar-refractivity contribution is -0.119. The number of hydrogen-bond acceptors (Lipinski definition) is 4. The van der Waals surface area contributed by atoms with Crippen molar-refractivity contribution in [2.45, 2.75) is 5.92 Å². The zero-order valence-electron chi connectivity index (χ0n) is 10.6. The van der Waals surface area contributed by atoms with Crippen LogP contribution in [0.15, 0.2) is 24.3 Å². The first-order chi connectivity index (χ1) is 9.34. The lowest BCUT2D eigenvalue weighted by Gasteiger charge is -2.14. The zero-order valence-corrected chi connectivity index (χ0v) is 10.6. The Labute approximate surface area is 114 Å². The summed E-state index contributed by atoms with van der Waals surface area (Å²) in [5.41, 5.74) is 9.94. The topological polar surface area (TPSA) is 107 Å². The van der Waals surface area contributed by atoms with Crippen molar-refractivity contribution in [1.29, 1.82) is 0 Å². The van der Waals surface area contributed by atoms with Gasteiger partial charge < -0.3 is 21.5 Å². The van der Waals surface area contributed by atoms with E-state index in [0.29, 0.717) is 5.75 Å². The second-order valence-electron chi connectivity index (χ2n) is 4.02. The van der Waals surface area contributed by atoms with Crippen LogP contribution in [0.25, 0.3) is 0 Å². The summed E-state index contributed by atoms with van der Waals surface area (Å²) in [6.45, 7) is -1.95. The van der Waals surface area contributed by atoms with E-state index in [-0.39, 0.29) is 12.2 Å². The summed E-state index contributed by atoms with van der Waals surface area (Å²) in [5, 5.41) is 2.08. The van der Waals surface area contributed by atoms with Crippen molar-refractivity contribution in [3.8, 4) is 5.75 Å². The van der Waals surface area contributed by atoms with E-state index < -0.39 is 30.8 Å². The van der Waals surface area contributed by atoms with Gasteiger partial charge in [-0.25, -0.2) is 8.78 Å². The van der Waals surface area contributed by atoms with Crippen LogP contribution in [0.4, 0.5) is 8.78 Å². The van der Waals surface area contributed by atoms with E-state index in [0.717, 1.165) is 0 Å². The third-order valence-corrected chi connectivity index (χ3v) is 2.30. The molecule has 2 amide bonds. The molecule has 0 spiro atoms. The van der Waals surface area contributed by atoms with Crippen LogP contribution in [0.5, 0.6) is 5.75 Å². The maximum absolute atomic E-state index is 12.9. The molecule has 1 aromatic carbocycles.